The lowest BCUT2D eigenvalue weighted by molar-refractivity contribution is 0.237. The van der Waals surface area contributed by atoms with Crippen LogP contribution in [0.1, 0.15) is 12.2 Å². The number of fused-ring (bicyclic) bond motifs is 1. The first-order valence-corrected chi connectivity index (χ1v) is 7.71. The van der Waals surface area contributed by atoms with Crippen molar-refractivity contribution in [2.45, 2.75) is 12.8 Å². The average molecular weight is 323 g/mol. The summed E-state index contributed by atoms with van der Waals surface area (Å²) in [6.45, 7) is 5.76. The smallest absolute Gasteiger partial charge is 0.134 e. The minimum atomic E-state index is 0.986. The van der Waals surface area contributed by atoms with Gasteiger partial charge in [0.1, 0.15) is 11.3 Å². The lowest BCUT2D eigenvalue weighted by Crippen LogP contribution is -2.43. The number of hydrogen-bond donors (Lipinski definition) is 1. The zero-order valence-corrected chi connectivity index (χ0v) is 12.6. The molecule has 1 aliphatic rings. The maximum Gasteiger partial charge on any atom is 0.134 e. The maximum absolute atomic E-state index is 5.86. The van der Waals surface area contributed by atoms with Crippen molar-refractivity contribution in [3.8, 4) is 0 Å². The second-order valence-electron chi connectivity index (χ2n) is 5.09. The zero-order valence-electron chi connectivity index (χ0n) is 11.0. The largest absolute Gasteiger partial charge is 0.461 e. The molecule has 1 saturated heterocycles. The summed E-state index contributed by atoms with van der Waals surface area (Å²) in [7, 11) is 0. The number of nitrogens with zero attached hydrogens (tertiary/aromatic N) is 1. The summed E-state index contributed by atoms with van der Waals surface area (Å²) in [4.78, 5) is 2.52. The van der Waals surface area contributed by atoms with E-state index in [-0.39, 0.29) is 0 Å². The third-order valence-electron chi connectivity index (χ3n) is 3.64. The van der Waals surface area contributed by atoms with Crippen molar-refractivity contribution in [1.82, 2.24) is 10.2 Å². The quantitative estimate of drug-likeness (QED) is 0.937. The predicted molar refractivity (Wildman–Crippen MR) is 81.5 cm³/mol. The first-order chi connectivity index (χ1) is 9.31. The number of hydrogen-bond acceptors (Lipinski definition) is 3. The number of aryl methyl sites for hydroxylation is 1. The summed E-state index contributed by atoms with van der Waals surface area (Å²) in [6.07, 6.45) is 2.19. The van der Waals surface area contributed by atoms with Crippen LogP contribution in [0.5, 0.6) is 0 Å². The van der Waals surface area contributed by atoms with E-state index >= 15 is 0 Å². The Labute approximate surface area is 122 Å². The van der Waals surface area contributed by atoms with Crippen LogP contribution < -0.4 is 5.32 Å². The van der Waals surface area contributed by atoms with Crippen LogP contribution in [0.3, 0.4) is 0 Å². The molecule has 1 aromatic heterocycles. The standard InChI is InChI=1S/C15H19BrN2O/c16-13-3-4-15-12(10-13)11-14(19-15)2-1-7-18-8-5-17-6-9-18/h3-4,10-11,17H,1-2,5-9H2. The highest BCUT2D eigenvalue weighted by Crippen LogP contribution is 2.24. The van der Waals surface area contributed by atoms with E-state index < -0.39 is 0 Å². The van der Waals surface area contributed by atoms with E-state index in [0.29, 0.717) is 0 Å². The second-order valence-corrected chi connectivity index (χ2v) is 6.01. The van der Waals surface area contributed by atoms with Crippen LogP contribution in [0.2, 0.25) is 0 Å². The van der Waals surface area contributed by atoms with Gasteiger partial charge in [-0.25, -0.2) is 0 Å². The lowest BCUT2D eigenvalue weighted by atomic mass is 10.2. The van der Waals surface area contributed by atoms with Crippen LogP contribution in [0.15, 0.2) is 33.2 Å². The van der Waals surface area contributed by atoms with Crippen LogP contribution in [0.25, 0.3) is 11.0 Å². The Balaban J connectivity index is 1.56. The van der Waals surface area contributed by atoms with E-state index in [2.05, 4.69) is 38.3 Å². The Bertz CT molecular complexity index is 546. The number of halogens is 1. The summed E-state index contributed by atoms with van der Waals surface area (Å²) in [5.41, 5.74) is 0.986. The molecule has 2 aromatic rings. The Hall–Kier alpha value is -0.840. The normalized spacial score (nSPS) is 17.1. The van der Waals surface area contributed by atoms with E-state index in [4.69, 9.17) is 4.42 Å². The van der Waals surface area contributed by atoms with Gasteiger partial charge >= 0.3 is 0 Å². The van der Waals surface area contributed by atoms with Gasteiger partial charge in [-0.05, 0) is 37.2 Å². The van der Waals surface area contributed by atoms with E-state index in [9.17, 15) is 0 Å². The van der Waals surface area contributed by atoms with Gasteiger partial charge in [-0.3, -0.25) is 0 Å². The van der Waals surface area contributed by atoms with Crippen molar-refractivity contribution in [2.75, 3.05) is 32.7 Å². The van der Waals surface area contributed by atoms with E-state index in [1.54, 1.807) is 0 Å². The molecule has 3 rings (SSSR count). The summed E-state index contributed by atoms with van der Waals surface area (Å²) in [5.74, 6) is 1.10. The molecule has 0 unspecified atom stereocenters. The van der Waals surface area contributed by atoms with Gasteiger partial charge in [0.15, 0.2) is 0 Å². The van der Waals surface area contributed by atoms with Crippen LogP contribution in [0.4, 0.5) is 0 Å². The van der Waals surface area contributed by atoms with Gasteiger partial charge in [0, 0.05) is 42.5 Å². The highest BCUT2D eigenvalue weighted by Gasteiger charge is 2.09. The number of piperazine rings is 1. The van der Waals surface area contributed by atoms with Crippen molar-refractivity contribution in [1.29, 1.82) is 0 Å². The third kappa shape index (κ3) is 3.38. The van der Waals surface area contributed by atoms with Crippen molar-refractivity contribution in [3.05, 3.63) is 34.5 Å². The van der Waals surface area contributed by atoms with Crippen LogP contribution in [0, 0.1) is 0 Å². The highest BCUT2D eigenvalue weighted by atomic mass is 79.9. The van der Waals surface area contributed by atoms with E-state index in [1.165, 1.54) is 31.4 Å². The Kier molecular flexibility index (Phi) is 4.21. The first kappa shape index (κ1) is 13.2. The van der Waals surface area contributed by atoms with E-state index in [0.717, 1.165) is 35.3 Å². The summed E-state index contributed by atoms with van der Waals surface area (Å²) < 4.78 is 6.97. The molecular formula is C15H19BrN2O. The summed E-state index contributed by atoms with van der Waals surface area (Å²) in [6, 6.07) is 8.33. The first-order valence-electron chi connectivity index (χ1n) is 6.92. The van der Waals surface area contributed by atoms with Gasteiger partial charge in [-0.15, -0.1) is 0 Å². The molecule has 0 amide bonds. The molecule has 0 aliphatic carbocycles. The van der Waals surface area contributed by atoms with E-state index in [1.807, 2.05) is 12.1 Å². The van der Waals surface area contributed by atoms with Crippen LogP contribution in [-0.2, 0) is 6.42 Å². The average Bonchev–Trinajstić information content (AvgIpc) is 2.82. The van der Waals surface area contributed by atoms with Gasteiger partial charge < -0.3 is 14.6 Å². The molecule has 1 fully saturated rings. The molecule has 0 saturated carbocycles. The van der Waals surface area contributed by atoms with Gasteiger partial charge in [0.05, 0.1) is 0 Å². The number of nitrogens with one attached hydrogen (secondary N) is 1. The minimum absolute atomic E-state index is 0.986. The minimum Gasteiger partial charge on any atom is -0.461 e. The molecular weight excluding hydrogens is 304 g/mol. The number of furan rings is 1. The van der Waals surface area contributed by atoms with Gasteiger partial charge in [-0.1, -0.05) is 15.9 Å². The monoisotopic (exact) mass is 322 g/mol. The predicted octanol–water partition coefficient (Wildman–Crippen LogP) is 3.03. The molecule has 19 heavy (non-hydrogen) atoms. The third-order valence-corrected chi connectivity index (χ3v) is 4.13. The Morgan fingerprint density at radius 3 is 2.89 bits per heavy atom. The van der Waals surface area contributed by atoms with Crippen molar-refractivity contribution < 1.29 is 4.42 Å². The fourth-order valence-electron chi connectivity index (χ4n) is 2.60. The summed E-state index contributed by atoms with van der Waals surface area (Å²) >= 11 is 3.49. The molecule has 4 heteroatoms. The topological polar surface area (TPSA) is 28.4 Å². The molecule has 0 atom stereocenters. The van der Waals surface area contributed by atoms with Gasteiger partial charge in [-0.2, -0.15) is 0 Å². The number of benzene rings is 1. The van der Waals surface area contributed by atoms with Crippen molar-refractivity contribution in [2.24, 2.45) is 0 Å². The van der Waals surface area contributed by atoms with Crippen molar-refractivity contribution in [3.63, 3.8) is 0 Å². The van der Waals surface area contributed by atoms with Gasteiger partial charge in [0.25, 0.3) is 0 Å². The molecule has 102 valence electrons. The highest BCUT2D eigenvalue weighted by molar-refractivity contribution is 9.10. The lowest BCUT2D eigenvalue weighted by Gasteiger charge is -2.26. The van der Waals surface area contributed by atoms with Gasteiger partial charge in [0.2, 0.25) is 0 Å². The van der Waals surface area contributed by atoms with Crippen LogP contribution in [-0.4, -0.2) is 37.6 Å². The van der Waals surface area contributed by atoms with Crippen molar-refractivity contribution >= 4 is 26.9 Å². The molecule has 1 aromatic carbocycles. The molecule has 1 aliphatic heterocycles. The fraction of sp³-hybridized carbons (Fsp3) is 0.467. The Morgan fingerprint density at radius 1 is 1.21 bits per heavy atom. The molecule has 3 nitrogen and oxygen atoms in total. The second kappa shape index (κ2) is 6.07. The fourth-order valence-corrected chi connectivity index (χ4v) is 2.98. The summed E-state index contributed by atoms with van der Waals surface area (Å²) in [5, 5.41) is 4.57. The molecule has 0 bridgehead atoms. The zero-order chi connectivity index (χ0) is 13.1. The molecule has 0 radical (unpaired) electrons. The molecule has 0 spiro atoms. The maximum atomic E-state index is 5.86. The number of rotatable bonds is 4. The molecule has 2 heterocycles. The van der Waals surface area contributed by atoms with Crippen LogP contribution >= 0.6 is 15.9 Å². The molecule has 1 N–H and O–H groups in total. The Morgan fingerprint density at radius 2 is 2.05 bits per heavy atom. The SMILES string of the molecule is Brc1ccc2oc(CCCN3CCNCC3)cc2c1.